The second-order valence-electron chi connectivity index (χ2n) is 4.44. The van der Waals surface area contributed by atoms with Gasteiger partial charge in [0.2, 0.25) is 0 Å². The van der Waals surface area contributed by atoms with Crippen molar-refractivity contribution < 1.29 is 19.8 Å². The number of nitrogens with one attached hydrogen (secondary N) is 2. The maximum atomic E-state index is 11.4. The molecule has 6 nitrogen and oxygen atoms in total. The average molecular weight is 230 g/mol. The highest BCUT2D eigenvalue weighted by atomic mass is 16.4. The van der Waals surface area contributed by atoms with E-state index in [1.807, 2.05) is 6.92 Å². The quantitative estimate of drug-likeness (QED) is 0.537. The van der Waals surface area contributed by atoms with Crippen molar-refractivity contribution in [2.75, 3.05) is 6.54 Å². The standard InChI is InChI=1S/C10H18N2O4/c1-10(4-2-5-10)12-9(16)11-6-3-7(13)8(14)15/h7,13H,2-6H2,1H3,(H,14,15)(H2,11,12,16). The first-order chi connectivity index (χ1) is 7.43. The van der Waals surface area contributed by atoms with Crippen molar-refractivity contribution in [1.82, 2.24) is 10.6 Å². The minimum Gasteiger partial charge on any atom is -0.479 e. The fourth-order valence-electron chi connectivity index (χ4n) is 1.60. The van der Waals surface area contributed by atoms with Gasteiger partial charge in [-0.1, -0.05) is 0 Å². The average Bonchev–Trinajstić information content (AvgIpc) is 2.14. The van der Waals surface area contributed by atoms with Crippen LogP contribution in [0.25, 0.3) is 0 Å². The Balaban J connectivity index is 2.13. The van der Waals surface area contributed by atoms with Crippen molar-refractivity contribution >= 4 is 12.0 Å². The summed E-state index contributed by atoms with van der Waals surface area (Å²) in [5, 5.41) is 22.7. The number of hydrogen-bond acceptors (Lipinski definition) is 3. The summed E-state index contributed by atoms with van der Waals surface area (Å²) in [5.41, 5.74) is -0.116. The Hall–Kier alpha value is -1.30. The molecule has 2 amide bonds. The van der Waals surface area contributed by atoms with Gasteiger partial charge in [0.1, 0.15) is 0 Å². The first-order valence-electron chi connectivity index (χ1n) is 5.40. The van der Waals surface area contributed by atoms with Gasteiger partial charge in [0.25, 0.3) is 0 Å². The molecular formula is C10H18N2O4. The Bertz CT molecular complexity index is 276. The zero-order valence-electron chi connectivity index (χ0n) is 9.32. The predicted octanol–water partition coefficient (Wildman–Crippen LogP) is 0.0638. The van der Waals surface area contributed by atoms with E-state index in [0.717, 1.165) is 19.3 Å². The number of carboxylic acid groups (broad SMARTS) is 1. The molecule has 1 unspecified atom stereocenters. The topological polar surface area (TPSA) is 98.7 Å². The number of hydrogen-bond donors (Lipinski definition) is 4. The lowest BCUT2D eigenvalue weighted by molar-refractivity contribution is -0.146. The molecule has 1 aliphatic rings. The SMILES string of the molecule is CC1(NC(=O)NCCC(O)C(=O)O)CCC1. The Morgan fingerprint density at radius 1 is 1.44 bits per heavy atom. The van der Waals surface area contributed by atoms with E-state index in [9.17, 15) is 9.59 Å². The molecule has 1 aliphatic carbocycles. The molecule has 0 radical (unpaired) electrons. The van der Waals surface area contributed by atoms with Gasteiger partial charge < -0.3 is 20.8 Å². The normalized spacial score (nSPS) is 19.4. The van der Waals surface area contributed by atoms with Crippen molar-refractivity contribution in [2.45, 2.75) is 44.2 Å². The highest BCUT2D eigenvalue weighted by Gasteiger charge is 2.32. The molecule has 0 heterocycles. The van der Waals surface area contributed by atoms with Crippen LogP contribution in [0.4, 0.5) is 4.79 Å². The molecule has 4 N–H and O–H groups in total. The van der Waals surface area contributed by atoms with Crippen molar-refractivity contribution in [3.05, 3.63) is 0 Å². The smallest absolute Gasteiger partial charge is 0.332 e. The molecule has 1 fully saturated rings. The lowest BCUT2D eigenvalue weighted by Crippen LogP contribution is -2.54. The van der Waals surface area contributed by atoms with E-state index < -0.39 is 12.1 Å². The van der Waals surface area contributed by atoms with Gasteiger partial charge in [-0.15, -0.1) is 0 Å². The Morgan fingerprint density at radius 3 is 2.50 bits per heavy atom. The van der Waals surface area contributed by atoms with Crippen LogP contribution in [0.1, 0.15) is 32.6 Å². The molecule has 6 heteroatoms. The number of aliphatic hydroxyl groups is 1. The Kier molecular flexibility index (Phi) is 4.12. The van der Waals surface area contributed by atoms with Crippen LogP contribution in [0.2, 0.25) is 0 Å². The summed E-state index contributed by atoms with van der Waals surface area (Å²) < 4.78 is 0. The van der Waals surface area contributed by atoms with Crippen LogP contribution in [-0.2, 0) is 4.79 Å². The molecule has 0 aromatic rings. The number of amides is 2. The maximum Gasteiger partial charge on any atom is 0.332 e. The predicted molar refractivity (Wildman–Crippen MR) is 57.1 cm³/mol. The number of carbonyl (C=O) groups is 2. The lowest BCUT2D eigenvalue weighted by Gasteiger charge is -2.39. The van der Waals surface area contributed by atoms with Gasteiger partial charge in [0.05, 0.1) is 0 Å². The fraction of sp³-hybridized carbons (Fsp3) is 0.800. The van der Waals surface area contributed by atoms with E-state index in [-0.39, 0.29) is 24.5 Å². The van der Waals surface area contributed by atoms with Crippen LogP contribution in [0.3, 0.4) is 0 Å². The summed E-state index contributed by atoms with van der Waals surface area (Å²) in [4.78, 5) is 21.6. The first kappa shape index (κ1) is 12.8. The highest BCUT2D eigenvalue weighted by Crippen LogP contribution is 2.30. The summed E-state index contributed by atoms with van der Waals surface area (Å²) in [6.07, 6.45) is 1.66. The van der Waals surface area contributed by atoms with Gasteiger partial charge >= 0.3 is 12.0 Å². The van der Waals surface area contributed by atoms with Gasteiger partial charge in [-0.2, -0.15) is 0 Å². The number of carbonyl (C=O) groups excluding carboxylic acids is 1. The number of aliphatic carboxylic acids is 1. The summed E-state index contributed by atoms with van der Waals surface area (Å²) >= 11 is 0. The maximum absolute atomic E-state index is 11.4. The monoisotopic (exact) mass is 230 g/mol. The Labute approximate surface area is 94.0 Å². The van der Waals surface area contributed by atoms with Gasteiger partial charge in [0, 0.05) is 18.5 Å². The third kappa shape index (κ3) is 3.69. The third-order valence-electron chi connectivity index (χ3n) is 2.86. The fourth-order valence-corrected chi connectivity index (χ4v) is 1.60. The molecule has 0 aliphatic heterocycles. The van der Waals surface area contributed by atoms with Crippen molar-refractivity contribution in [3.63, 3.8) is 0 Å². The minimum atomic E-state index is -1.42. The van der Waals surface area contributed by atoms with E-state index in [4.69, 9.17) is 10.2 Å². The number of aliphatic hydroxyl groups excluding tert-OH is 1. The van der Waals surface area contributed by atoms with Crippen LogP contribution in [-0.4, -0.2) is 40.4 Å². The second kappa shape index (κ2) is 5.16. The summed E-state index contributed by atoms with van der Waals surface area (Å²) in [5.74, 6) is -1.27. The first-order valence-corrected chi connectivity index (χ1v) is 5.40. The lowest BCUT2D eigenvalue weighted by atomic mass is 9.79. The van der Waals surface area contributed by atoms with E-state index in [0.29, 0.717) is 0 Å². The molecule has 0 saturated heterocycles. The zero-order valence-corrected chi connectivity index (χ0v) is 9.32. The third-order valence-corrected chi connectivity index (χ3v) is 2.86. The molecule has 16 heavy (non-hydrogen) atoms. The number of rotatable bonds is 5. The Morgan fingerprint density at radius 2 is 2.06 bits per heavy atom. The molecule has 92 valence electrons. The summed E-state index contributed by atoms with van der Waals surface area (Å²) in [6, 6.07) is -0.306. The molecule has 1 rings (SSSR count). The van der Waals surface area contributed by atoms with E-state index in [1.54, 1.807) is 0 Å². The highest BCUT2D eigenvalue weighted by molar-refractivity contribution is 5.75. The van der Waals surface area contributed by atoms with Crippen LogP contribution in [0.5, 0.6) is 0 Å². The number of carboxylic acids is 1. The van der Waals surface area contributed by atoms with E-state index in [1.165, 1.54) is 0 Å². The summed E-state index contributed by atoms with van der Waals surface area (Å²) in [7, 11) is 0. The van der Waals surface area contributed by atoms with E-state index in [2.05, 4.69) is 10.6 Å². The molecule has 0 aromatic heterocycles. The van der Waals surface area contributed by atoms with Crippen molar-refractivity contribution in [3.8, 4) is 0 Å². The largest absolute Gasteiger partial charge is 0.479 e. The molecule has 0 spiro atoms. The van der Waals surface area contributed by atoms with Gasteiger partial charge in [0.15, 0.2) is 6.10 Å². The molecule has 0 aromatic carbocycles. The van der Waals surface area contributed by atoms with E-state index >= 15 is 0 Å². The van der Waals surface area contributed by atoms with Gasteiger partial charge in [-0.05, 0) is 26.2 Å². The van der Waals surface area contributed by atoms with Gasteiger partial charge in [-0.3, -0.25) is 0 Å². The minimum absolute atomic E-state index is 0.0134. The number of urea groups is 1. The second-order valence-corrected chi connectivity index (χ2v) is 4.44. The molecule has 1 atom stereocenters. The van der Waals surface area contributed by atoms with Crippen LogP contribution in [0.15, 0.2) is 0 Å². The van der Waals surface area contributed by atoms with Crippen LogP contribution < -0.4 is 10.6 Å². The van der Waals surface area contributed by atoms with Gasteiger partial charge in [-0.25, -0.2) is 9.59 Å². The molecular weight excluding hydrogens is 212 g/mol. The van der Waals surface area contributed by atoms with Crippen molar-refractivity contribution in [1.29, 1.82) is 0 Å². The zero-order chi connectivity index (χ0) is 12.2. The van der Waals surface area contributed by atoms with Crippen molar-refractivity contribution in [2.24, 2.45) is 0 Å². The summed E-state index contributed by atoms with van der Waals surface area (Å²) in [6.45, 7) is 2.12. The van der Waals surface area contributed by atoms with Crippen LogP contribution >= 0.6 is 0 Å². The molecule has 0 bridgehead atoms. The van der Waals surface area contributed by atoms with Crippen LogP contribution in [0, 0.1) is 0 Å². The molecule has 1 saturated carbocycles.